The molecule has 3 saturated heterocycles. The van der Waals surface area contributed by atoms with E-state index in [4.69, 9.17) is 28.4 Å². The summed E-state index contributed by atoms with van der Waals surface area (Å²) in [6.45, 7) is 1.65. The van der Waals surface area contributed by atoms with Crippen LogP contribution in [0.3, 0.4) is 0 Å². The van der Waals surface area contributed by atoms with Crippen LogP contribution in [0.2, 0.25) is 0 Å². The van der Waals surface area contributed by atoms with Gasteiger partial charge in [-0.25, -0.2) is 0 Å². The van der Waals surface area contributed by atoms with Gasteiger partial charge in [0.15, 0.2) is 18.9 Å². The van der Waals surface area contributed by atoms with Crippen LogP contribution in [-0.2, 0) is 33.2 Å². The van der Waals surface area contributed by atoms with E-state index >= 15 is 0 Å². The lowest BCUT2D eigenvalue weighted by Crippen LogP contribution is -2.66. The number of aliphatic hydroxyl groups is 11. The molecular weight excluding hydrogens is 1230 g/mol. The molecule has 19 nitrogen and oxygen atoms in total. The molecule has 3 heterocycles. The Morgan fingerprint density at radius 1 is 0.365 bits per heavy atom. The second kappa shape index (κ2) is 58.5. The first-order valence-corrected chi connectivity index (χ1v) is 39.2. The van der Waals surface area contributed by atoms with Crippen molar-refractivity contribution in [1.82, 2.24) is 5.32 Å². The first-order valence-electron chi connectivity index (χ1n) is 39.2. The average Bonchev–Trinajstić information content (AvgIpc) is 0.791. The van der Waals surface area contributed by atoms with Gasteiger partial charge in [-0.1, -0.05) is 307 Å². The van der Waals surface area contributed by atoms with E-state index in [-0.39, 0.29) is 18.9 Å². The summed E-state index contributed by atoms with van der Waals surface area (Å²) >= 11 is 0. The van der Waals surface area contributed by atoms with E-state index in [1.165, 1.54) is 231 Å². The summed E-state index contributed by atoms with van der Waals surface area (Å²) in [6.07, 6.45) is 45.0. The Kier molecular flexibility index (Phi) is 53.8. The molecule has 17 atom stereocenters. The number of aliphatic hydroxyl groups excluding tert-OH is 11. The minimum Gasteiger partial charge on any atom is -0.394 e. The molecule has 0 aromatic rings. The molecule has 0 aromatic heterocycles. The molecule has 3 aliphatic rings. The summed E-state index contributed by atoms with van der Waals surface area (Å²) in [5, 5.41) is 120. The van der Waals surface area contributed by atoms with Crippen molar-refractivity contribution in [2.75, 3.05) is 26.4 Å². The van der Waals surface area contributed by atoms with E-state index in [9.17, 15) is 61.0 Å². The minimum absolute atomic E-state index is 0.236. The van der Waals surface area contributed by atoms with Gasteiger partial charge >= 0.3 is 0 Å². The summed E-state index contributed by atoms with van der Waals surface area (Å²) in [7, 11) is 0. The molecule has 3 aliphatic heterocycles. The number of ether oxygens (including phenoxy) is 6. The van der Waals surface area contributed by atoms with Crippen molar-refractivity contribution in [2.45, 2.75) is 420 Å². The van der Waals surface area contributed by atoms with Crippen LogP contribution in [0.4, 0.5) is 0 Å². The maximum atomic E-state index is 13.4. The zero-order valence-corrected chi connectivity index (χ0v) is 60.1. The van der Waals surface area contributed by atoms with Crippen LogP contribution < -0.4 is 5.32 Å². The lowest BCUT2D eigenvalue weighted by molar-refractivity contribution is -0.379. The number of hydrogen-bond donors (Lipinski definition) is 12. The Morgan fingerprint density at radius 3 is 1.02 bits per heavy atom. The van der Waals surface area contributed by atoms with E-state index in [2.05, 4.69) is 43.5 Å². The summed E-state index contributed by atoms with van der Waals surface area (Å²) in [5.74, 6) is -0.286. The molecule has 3 fully saturated rings. The van der Waals surface area contributed by atoms with Crippen LogP contribution in [0.25, 0.3) is 0 Å². The zero-order chi connectivity index (χ0) is 69.6. The first kappa shape index (κ1) is 88.2. The van der Waals surface area contributed by atoms with Gasteiger partial charge in [0.05, 0.1) is 38.6 Å². The third kappa shape index (κ3) is 38.9. The van der Waals surface area contributed by atoms with Crippen molar-refractivity contribution in [3.63, 3.8) is 0 Å². The van der Waals surface area contributed by atoms with Crippen LogP contribution >= 0.6 is 0 Å². The van der Waals surface area contributed by atoms with Gasteiger partial charge in [0.2, 0.25) is 5.91 Å². The standard InChI is InChI=1S/C77H143NO18/c1-3-5-7-9-11-13-15-16-17-18-19-20-21-22-23-24-25-26-27-28-29-30-31-32-33-34-35-36-37-38-39-40-41-42-43-45-47-49-51-53-55-65(83)78-60(61(82)54-52-50-48-46-44-14-12-10-8-6-4-2)59-91-75-71(89)68(86)73(63(57-80)93-75)96-77-72(90)69(87)74(64(58-81)94-77)95-76-70(88)67(85)66(84)62(56-79)92-76/h8,10,44,46,52,54,60-64,66-77,79-82,84-90H,3-7,9,11-43,45,47-51,53,55-59H2,1-2H3,(H,78,83)/b10-8+,46-44+,54-52+. The van der Waals surface area contributed by atoms with E-state index < -0.39 is 124 Å². The highest BCUT2D eigenvalue weighted by molar-refractivity contribution is 5.76. The van der Waals surface area contributed by atoms with Crippen LogP contribution in [-0.4, -0.2) is 193 Å². The minimum atomic E-state index is -1.98. The van der Waals surface area contributed by atoms with Gasteiger partial charge in [0.1, 0.15) is 73.2 Å². The van der Waals surface area contributed by atoms with Gasteiger partial charge < -0.3 is 89.9 Å². The fourth-order valence-corrected chi connectivity index (χ4v) is 13.4. The Morgan fingerprint density at radius 2 is 0.667 bits per heavy atom. The predicted molar refractivity (Wildman–Crippen MR) is 379 cm³/mol. The Labute approximate surface area is 581 Å². The molecule has 96 heavy (non-hydrogen) atoms. The molecule has 12 N–H and O–H groups in total. The van der Waals surface area contributed by atoms with Crippen molar-refractivity contribution in [3.8, 4) is 0 Å². The number of amides is 1. The molecule has 0 spiro atoms. The molecule has 0 radical (unpaired) electrons. The Hall–Kier alpha value is -1.99. The maximum Gasteiger partial charge on any atom is 0.220 e. The number of allylic oxidation sites excluding steroid dienone is 5. The number of rotatable bonds is 62. The highest BCUT2D eigenvalue weighted by Gasteiger charge is 2.53. The molecule has 17 unspecified atom stereocenters. The fraction of sp³-hybridized carbons (Fsp3) is 0.909. The summed E-state index contributed by atoms with van der Waals surface area (Å²) in [4.78, 5) is 13.4. The van der Waals surface area contributed by atoms with Gasteiger partial charge in [0, 0.05) is 6.42 Å². The summed E-state index contributed by atoms with van der Waals surface area (Å²) in [6, 6.07) is -0.993. The summed E-state index contributed by atoms with van der Waals surface area (Å²) in [5.41, 5.74) is 0. The van der Waals surface area contributed by atoms with Gasteiger partial charge in [-0.15, -0.1) is 0 Å². The van der Waals surface area contributed by atoms with Crippen LogP contribution in [0.1, 0.15) is 316 Å². The van der Waals surface area contributed by atoms with Crippen LogP contribution in [0, 0.1) is 0 Å². The molecule has 564 valence electrons. The van der Waals surface area contributed by atoms with E-state index in [1.807, 2.05) is 6.08 Å². The third-order valence-electron chi connectivity index (χ3n) is 19.7. The second-order valence-corrected chi connectivity index (χ2v) is 28.2. The van der Waals surface area contributed by atoms with E-state index in [0.717, 1.165) is 51.4 Å². The largest absolute Gasteiger partial charge is 0.394 e. The van der Waals surface area contributed by atoms with Gasteiger partial charge in [0.25, 0.3) is 0 Å². The number of unbranched alkanes of at least 4 members (excludes halogenated alkanes) is 42. The van der Waals surface area contributed by atoms with Gasteiger partial charge in [-0.05, 0) is 38.5 Å². The van der Waals surface area contributed by atoms with E-state index in [1.54, 1.807) is 6.08 Å². The Bertz CT molecular complexity index is 1880. The normalized spacial score (nSPS) is 27.2. The quantitative estimate of drug-likeness (QED) is 0.0199. The first-order chi connectivity index (χ1) is 46.8. The highest BCUT2D eigenvalue weighted by Crippen LogP contribution is 2.33. The van der Waals surface area contributed by atoms with Gasteiger partial charge in [-0.2, -0.15) is 0 Å². The molecule has 3 rings (SSSR count). The predicted octanol–water partition coefficient (Wildman–Crippen LogP) is 12.3. The molecule has 0 saturated carbocycles. The molecule has 1 amide bonds. The molecule has 0 bridgehead atoms. The molecule has 19 heteroatoms. The lowest BCUT2D eigenvalue weighted by Gasteiger charge is -2.48. The fourth-order valence-electron chi connectivity index (χ4n) is 13.4. The van der Waals surface area contributed by atoms with Crippen LogP contribution in [0.15, 0.2) is 36.5 Å². The maximum absolute atomic E-state index is 13.4. The number of carbonyl (C=O) groups excluding carboxylic acids is 1. The van der Waals surface area contributed by atoms with Crippen molar-refractivity contribution in [1.29, 1.82) is 0 Å². The SMILES string of the molecule is CCC/C=C/CC/C=C/CC/C=C/C(O)C(COC1OC(CO)C(OC2OC(CO)C(OC3OC(CO)C(O)C(O)C3O)C(O)C2O)C(O)C1O)NC(=O)CCCCCCCCCCCCCCCCCCCCCCCCCCCCCCCCCCCCCCCCCC. The summed E-state index contributed by atoms with van der Waals surface area (Å²) < 4.78 is 34.3. The topological polar surface area (TPSA) is 307 Å². The molecular formula is C77H143NO18. The Balaban J connectivity index is 1.25. The zero-order valence-electron chi connectivity index (χ0n) is 60.1. The number of carbonyl (C=O) groups is 1. The van der Waals surface area contributed by atoms with E-state index in [0.29, 0.717) is 12.8 Å². The average molecular weight is 1370 g/mol. The third-order valence-corrected chi connectivity index (χ3v) is 19.7. The molecule has 0 aliphatic carbocycles. The van der Waals surface area contributed by atoms with Gasteiger partial charge in [-0.3, -0.25) is 4.79 Å². The number of nitrogens with one attached hydrogen (secondary N) is 1. The smallest absolute Gasteiger partial charge is 0.220 e. The molecule has 0 aromatic carbocycles. The van der Waals surface area contributed by atoms with Crippen molar-refractivity contribution < 1.29 is 89.4 Å². The second-order valence-electron chi connectivity index (χ2n) is 28.2. The van der Waals surface area contributed by atoms with Crippen molar-refractivity contribution >= 4 is 5.91 Å². The monoisotopic (exact) mass is 1370 g/mol. The highest BCUT2D eigenvalue weighted by atomic mass is 16.8. The van der Waals surface area contributed by atoms with Crippen LogP contribution in [0.5, 0.6) is 0 Å². The van der Waals surface area contributed by atoms with Crippen molar-refractivity contribution in [3.05, 3.63) is 36.5 Å². The lowest BCUT2D eigenvalue weighted by atomic mass is 9.96. The number of hydrogen-bond acceptors (Lipinski definition) is 18. The van der Waals surface area contributed by atoms with Crippen molar-refractivity contribution in [2.24, 2.45) is 0 Å².